The van der Waals surface area contributed by atoms with Gasteiger partial charge in [0.25, 0.3) is 0 Å². The van der Waals surface area contributed by atoms with Gasteiger partial charge in [0.15, 0.2) is 0 Å². The maximum atomic E-state index is 11.7. The van der Waals surface area contributed by atoms with Crippen molar-refractivity contribution in [1.29, 1.82) is 0 Å². The lowest BCUT2D eigenvalue weighted by molar-refractivity contribution is -0.143. The number of hydrogen-bond acceptors (Lipinski definition) is 2. The second kappa shape index (κ2) is 6.84. The smallest absolute Gasteiger partial charge is 0.229 e. The lowest BCUT2D eigenvalue weighted by Crippen LogP contribution is -2.36. The van der Waals surface area contributed by atoms with Crippen LogP contribution in [0.3, 0.4) is 0 Å². The molecule has 0 spiro atoms. The summed E-state index contributed by atoms with van der Waals surface area (Å²) in [5.41, 5.74) is 1.14. The fourth-order valence-corrected chi connectivity index (χ4v) is 1.69. The van der Waals surface area contributed by atoms with Gasteiger partial charge in [0, 0.05) is 19.9 Å². The van der Waals surface area contributed by atoms with E-state index in [1.165, 1.54) is 11.8 Å². The molecule has 0 aliphatic carbocycles. The molecule has 92 valence electrons. The maximum absolute atomic E-state index is 11.7. The summed E-state index contributed by atoms with van der Waals surface area (Å²) in [5.74, 6) is -0.240. The van der Waals surface area contributed by atoms with Gasteiger partial charge in [0.2, 0.25) is 11.8 Å². The summed E-state index contributed by atoms with van der Waals surface area (Å²) in [6.45, 7) is 3.85. The van der Waals surface area contributed by atoms with Crippen LogP contribution in [0.1, 0.15) is 32.3 Å². The molecular weight excluding hydrogens is 214 g/mol. The minimum absolute atomic E-state index is 0.0732. The number of carbonyl (C=O) groups is 2. The van der Waals surface area contributed by atoms with Gasteiger partial charge in [-0.1, -0.05) is 37.3 Å². The molecule has 1 rings (SSSR count). The topological polar surface area (TPSA) is 37.4 Å². The predicted molar refractivity (Wildman–Crippen MR) is 67.4 cm³/mol. The third-order valence-corrected chi connectivity index (χ3v) is 2.61. The van der Waals surface area contributed by atoms with Gasteiger partial charge in [-0.2, -0.15) is 0 Å². The molecule has 0 saturated carbocycles. The molecule has 0 heterocycles. The Morgan fingerprint density at radius 3 is 2.35 bits per heavy atom. The summed E-state index contributed by atoms with van der Waals surface area (Å²) in [6.07, 6.45) is 1.93. The number of amides is 2. The Hall–Kier alpha value is -1.64. The van der Waals surface area contributed by atoms with Crippen molar-refractivity contribution in [3.8, 4) is 0 Å². The molecular formula is C14H19NO2. The van der Waals surface area contributed by atoms with Crippen LogP contribution in [-0.4, -0.2) is 23.3 Å². The molecule has 0 atom stereocenters. The summed E-state index contributed by atoms with van der Waals surface area (Å²) in [5, 5.41) is 0. The minimum Gasteiger partial charge on any atom is -0.283 e. The number of carbonyl (C=O) groups excluding carboxylic acids is 2. The third-order valence-electron chi connectivity index (χ3n) is 2.61. The Morgan fingerprint density at radius 1 is 1.18 bits per heavy atom. The van der Waals surface area contributed by atoms with Crippen LogP contribution in [-0.2, 0) is 16.0 Å². The van der Waals surface area contributed by atoms with E-state index in [-0.39, 0.29) is 11.8 Å². The quantitative estimate of drug-likeness (QED) is 0.783. The maximum Gasteiger partial charge on any atom is 0.229 e. The van der Waals surface area contributed by atoms with E-state index in [0.717, 1.165) is 18.4 Å². The Labute approximate surface area is 102 Å². The van der Waals surface area contributed by atoms with Gasteiger partial charge in [-0.25, -0.2) is 0 Å². The van der Waals surface area contributed by atoms with Crippen molar-refractivity contribution < 1.29 is 9.59 Å². The molecule has 0 N–H and O–H groups in total. The van der Waals surface area contributed by atoms with E-state index >= 15 is 0 Å². The van der Waals surface area contributed by atoms with Gasteiger partial charge in [0.05, 0.1) is 0 Å². The highest BCUT2D eigenvalue weighted by molar-refractivity contribution is 5.94. The second-order valence-electron chi connectivity index (χ2n) is 4.05. The summed E-state index contributed by atoms with van der Waals surface area (Å²) >= 11 is 0. The normalized spacial score (nSPS) is 10.0. The summed E-state index contributed by atoms with van der Waals surface area (Å²) in [6, 6.07) is 9.88. The Morgan fingerprint density at radius 2 is 1.82 bits per heavy atom. The average Bonchev–Trinajstić information content (AvgIpc) is 2.30. The zero-order valence-corrected chi connectivity index (χ0v) is 10.5. The van der Waals surface area contributed by atoms with E-state index in [9.17, 15) is 9.59 Å². The van der Waals surface area contributed by atoms with Crippen LogP contribution in [0.5, 0.6) is 0 Å². The van der Waals surface area contributed by atoms with Crippen molar-refractivity contribution in [3.63, 3.8) is 0 Å². The van der Waals surface area contributed by atoms with Gasteiger partial charge in [-0.15, -0.1) is 0 Å². The summed E-state index contributed by atoms with van der Waals surface area (Å²) in [4.78, 5) is 24.4. The molecule has 0 aliphatic heterocycles. The van der Waals surface area contributed by atoms with E-state index < -0.39 is 0 Å². The molecule has 3 heteroatoms. The highest BCUT2D eigenvalue weighted by Gasteiger charge is 2.16. The van der Waals surface area contributed by atoms with Gasteiger partial charge in [-0.05, 0) is 18.4 Å². The van der Waals surface area contributed by atoms with Crippen molar-refractivity contribution in [3.05, 3.63) is 35.9 Å². The zero-order valence-electron chi connectivity index (χ0n) is 10.5. The summed E-state index contributed by atoms with van der Waals surface area (Å²) < 4.78 is 0. The van der Waals surface area contributed by atoms with Crippen LogP contribution >= 0.6 is 0 Å². The van der Waals surface area contributed by atoms with Crippen LogP contribution in [0.4, 0.5) is 0 Å². The molecule has 0 aromatic heterocycles. The molecule has 1 aromatic carbocycles. The van der Waals surface area contributed by atoms with Gasteiger partial charge < -0.3 is 0 Å². The number of imide groups is 1. The molecule has 0 bridgehead atoms. The molecule has 17 heavy (non-hydrogen) atoms. The van der Waals surface area contributed by atoms with Gasteiger partial charge in [0.1, 0.15) is 0 Å². The zero-order chi connectivity index (χ0) is 12.7. The standard InChI is InChI=1S/C14H19NO2/c1-3-7-14(17)15(12(2)16)11-10-13-8-5-4-6-9-13/h4-6,8-9H,3,7,10-11H2,1-2H3. The second-order valence-corrected chi connectivity index (χ2v) is 4.05. The van der Waals surface area contributed by atoms with E-state index in [0.29, 0.717) is 13.0 Å². The molecule has 0 aliphatic rings. The first kappa shape index (κ1) is 13.4. The predicted octanol–water partition coefficient (Wildman–Crippen LogP) is 2.40. The van der Waals surface area contributed by atoms with E-state index in [2.05, 4.69) is 0 Å². The van der Waals surface area contributed by atoms with Gasteiger partial charge >= 0.3 is 0 Å². The summed E-state index contributed by atoms with van der Waals surface area (Å²) in [7, 11) is 0. The number of rotatable bonds is 5. The van der Waals surface area contributed by atoms with E-state index in [1.54, 1.807) is 0 Å². The van der Waals surface area contributed by atoms with Crippen molar-refractivity contribution in [2.45, 2.75) is 33.1 Å². The van der Waals surface area contributed by atoms with Crippen LogP contribution in [0, 0.1) is 0 Å². The fraction of sp³-hybridized carbons (Fsp3) is 0.429. The van der Waals surface area contributed by atoms with Crippen LogP contribution < -0.4 is 0 Å². The van der Waals surface area contributed by atoms with E-state index in [1.807, 2.05) is 37.3 Å². The average molecular weight is 233 g/mol. The monoisotopic (exact) mass is 233 g/mol. The van der Waals surface area contributed by atoms with Gasteiger partial charge in [-0.3, -0.25) is 14.5 Å². The number of hydrogen-bond donors (Lipinski definition) is 0. The lowest BCUT2D eigenvalue weighted by atomic mass is 10.1. The molecule has 2 amide bonds. The highest BCUT2D eigenvalue weighted by Crippen LogP contribution is 2.04. The highest BCUT2D eigenvalue weighted by atomic mass is 16.2. The molecule has 1 aromatic rings. The first-order valence-electron chi connectivity index (χ1n) is 6.00. The SMILES string of the molecule is CCCC(=O)N(CCc1ccccc1)C(C)=O. The number of nitrogens with zero attached hydrogens (tertiary/aromatic N) is 1. The Balaban J connectivity index is 2.56. The van der Waals surface area contributed by atoms with Crippen LogP contribution in [0.25, 0.3) is 0 Å². The molecule has 0 unspecified atom stereocenters. The van der Waals surface area contributed by atoms with Crippen molar-refractivity contribution >= 4 is 11.8 Å². The molecule has 0 radical (unpaired) electrons. The molecule has 3 nitrogen and oxygen atoms in total. The van der Waals surface area contributed by atoms with Crippen molar-refractivity contribution in [1.82, 2.24) is 4.90 Å². The minimum atomic E-state index is -0.167. The lowest BCUT2D eigenvalue weighted by Gasteiger charge is -2.18. The van der Waals surface area contributed by atoms with E-state index in [4.69, 9.17) is 0 Å². The first-order chi connectivity index (χ1) is 8.15. The molecule has 0 fully saturated rings. The molecule has 0 saturated heterocycles. The first-order valence-corrected chi connectivity index (χ1v) is 6.00. The Bertz CT molecular complexity index is 373. The van der Waals surface area contributed by atoms with Crippen LogP contribution in [0.15, 0.2) is 30.3 Å². The number of benzene rings is 1. The largest absolute Gasteiger partial charge is 0.283 e. The van der Waals surface area contributed by atoms with Crippen molar-refractivity contribution in [2.75, 3.05) is 6.54 Å². The van der Waals surface area contributed by atoms with Crippen molar-refractivity contribution in [2.24, 2.45) is 0 Å². The fourth-order valence-electron chi connectivity index (χ4n) is 1.69. The Kier molecular flexibility index (Phi) is 5.40. The van der Waals surface area contributed by atoms with Crippen LogP contribution in [0.2, 0.25) is 0 Å². The third kappa shape index (κ3) is 4.39.